The van der Waals surface area contributed by atoms with E-state index in [-0.39, 0.29) is 19.1 Å². The Morgan fingerprint density at radius 3 is 3.10 bits per heavy atom. The number of para-hydroxylation sites is 1. The maximum Gasteiger partial charge on any atom is 0.250 e. The second kappa shape index (κ2) is 8.33. The van der Waals surface area contributed by atoms with Gasteiger partial charge in [-0.05, 0) is 28.1 Å². The topological polar surface area (TPSA) is 79.8 Å². The highest BCUT2D eigenvalue weighted by Crippen LogP contribution is 2.23. The smallest absolute Gasteiger partial charge is 0.250 e. The highest BCUT2D eigenvalue weighted by Gasteiger charge is 2.22. The summed E-state index contributed by atoms with van der Waals surface area (Å²) in [5.41, 5.74) is 0. The monoisotopic (exact) mass is 358 g/mol. The maximum absolute atomic E-state index is 11.8. The van der Waals surface area contributed by atoms with Crippen molar-refractivity contribution in [1.29, 1.82) is 0 Å². The quantitative estimate of drug-likeness (QED) is 0.681. The Kier molecular flexibility index (Phi) is 6.44. The molecule has 0 aliphatic carbocycles. The summed E-state index contributed by atoms with van der Waals surface area (Å²) in [5, 5.41) is 15.6. The zero-order chi connectivity index (χ0) is 15.1. The van der Waals surface area contributed by atoms with E-state index in [0.717, 1.165) is 11.0 Å². The second-order valence-electron chi connectivity index (χ2n) is 4.70. The minimum absolute atomic E-state index is 0.104. The average molecular weight is 359 g/mol. The summed E-state index contributed by atoms with van der Waals surface area (Å²) < 4.78 is 11.6. The van der Waals surface area contributed by atoms with Crippen LogP contribution in [-0.2, 0) is 9.53 Å². The Hall–Kier alpha value is -1.15. The van der Waals surface area contributed by atoms with Crippen LogP contribution in [0, 0.1) is 0 Å². The van der Waals surface area contributed by atoms with Gasteiger partial charge < -0.3 is 25.2 Å². The predicted molar refractivity (Wildman–Crippen MR) is 81.3 cm³/mol. The molecule has 7 heteroatoms. The van der Waals surface area contributed by atoms with Crippen molar-refractivity contribution in [2.75, 3.05) is 32.8 Å². The van der Waals surface area contributed by atoms with Crippen molar-refractivity contribution in [3.63, 3.8) is 0 Å². The van der Waals surface area contributed by atoms with Gasteiger partial charge in [-0.2, -0.15) is 0 Å². The summed E-state index contributed by atoms with van der Waals surface area (Å²) >= 11 is 3.36. The number of morpholine rings is 1. The van der Waals surface area contributed by atoms with Crippen LogP contribution in [0.25, 0.3) is 0 Å². The Morgan fingerprint density at radius 2 is 2.38 bits per heavy atom. The number of carbonyl (C=O) groups excluding carboxylic acids is 1. The van der Waals surface area contributed by atoms with Gasteiger partial charge in [0.2, 0.25) is 0 Å². The lowest BCUT2D eigenvalue weighted by Crippen LogP contribution is -2.49. The molecule has 1 saturated heterocycles. The molecular formula is C14H19BrN2O4. The van der Waals surface area contributed by atoms with Crippen LogP contribution < -0.4 is 15.4 Å². The van der Waals surface area contributed by atoms with Gasteiger partial charge in [-0.1, -0.05) is 12.1 Å². The van der Waals surface area contributed by atoms with Crippen LogP contribution in [0.4, 0.5) is 0 Å². The van der Waals surface area contributed by atoms with Crippen molar-refractivity contribution in [2.24, 2.45) is 0 Å². The molecule has 0 bridgehead atoms. The number of benzene rings is 1. The third-order valence-corrected chi connectivity index (χ3v) is 3.65. The molecule has 1 aliphatic heterocycles. The van der Waals surface area contributed by atoms with Gasteiger partial charge in [-0.25, -0.2) is 0 Å². The molecule has 0 radical (unpaired) electrons. The molecule has 116 valence electrons. The first-order valence-corrected chi connectivity index (χ1v) is 7.61. The summed E-state index contributed by atoms with van der Waals surface area (Å²) in [4.78, 5) is 11.8. The first kappa shape index (κ1) is 16.2. The normalized spacial score (nSPS) is 19.8. The van der Waals surface area contributed by atoms with E-state index >= 15 is 0 Å². The third kappa shape index (κ3) is 5.28. The number of halogens is 1. The summed E-state index contributed by atoms with van der Waals surface area (Å²) in [6.07, 6.45) is -1.27. The Balaban J connectivity index is 1.68. The minimum Gasteiger partial charge on any atom is -0.490 e. The van der Waals surface area contributed by atoms with Crippen molar-refractivity contribution in [3.05, 3.63) is 28.7 Å². The van der Waals surface area contributed by atoms with E-state index in [2.05, 4.69) is 26.6 Å². The number of aliphatic hydroxyl groups excluding tert-OH is 1. The van der Waals surface area contributed by atoms with Crippen LogP contribution in [0.3, 0.4) is 0 Å². The first-order valence-electron chi connectivity index (χ1n) is 6.82. The third-order valence-electron chi connectivity index (χ3n) is 3.00. The average Bonchev–Trinajstić information content (AvgIpc) is 2.52. The van der Waals surface area contributed by atoms with E-state index in [9.17, 15) is 9.90 Å². The Labute approximate surface area is 131 Å². The lowest BCUT2D eigenvalue weighted by molar-refractivity contribution is -0.134. The molecule has 0 aromatic heterocycles. The van der Waals surface area contributed by atoms with Crippen molar-refractivity contribution in [1.82, 2.24) is 10.6 Å². The highest BCUT2D eigenvalue weighted by atomic mass is 79.9. The molecule has 1 aliphatic rings. The summed E-state index contributed by atoms with van der Waals surface area (Å²) in [5.74, 6) is 0.435. The lowest BCUT2D eigenvalue weighted by Gasteiger charge is -2.23. The largest absolute Gasteiger partial charge is 0.490 e. The fraction of sp³-hybridized carbons (Fsp3) is 0.500. The van der Waals surface area contributed by atoms with Crippen LogP contribution >= 0.6 is 15.9 Å². The van der Waals surface area contributed by atoms with Gasteiger partial charge in [0.25, 0.3) is 5.91 Å². The van der Waals surface area contributed by atoms with E-state index in [1.807, 2.05) is 18.2 Å². The Bertz CT molecular complexity index is 466. The summed E-state index contributed by atoms with van der Waals surface area (Å²) in [6, 6.07) is 7.39. The summed E-state index contributed by atoms with van der Waals surface area (Å²) in [7, 11) is 0. The minimum atomic E-state index is -0.780. The molecule has 0 unspecified atom stereocenters. The number of carbonyl (C=O) groups is 1. The van der Waals surface area contributed by atoms with E-state index in [1.54, 1.807) is 6.07 Å². The number of amides is 1. The molecule has 2 atom stereocenters. The van der Waals surface area contributed by atoms with Crippen LogP contribution in [0.15, 0.2) is 28.7 Å². The first-order chi connectivity index (χ1) is 10.2. The van der Waals surface area contributed by atoms with Gasteiger partial charge in [-0.3, -0.25) is 4.79 Å². The fourth-order valence-electron chi connectivity index (χ4n) is 1.87. The van der Waals surface area contributed by atoms with E-state index in [4.69, 9.17) is 9.47 Å². The van der Waals surface area contributed by atoms with Gasteiger partial charge >= 0.3 is 0 Å². The van der Waals surface area contributed by atoms with Crippen LogP contribution in [0.5, 0.6) is 5.75 Å². The molecule has 3 N–H and O–H groups in total. The number of rotatable bonds is 6. The van der Waals surface area contributed by atoms with E-state index in [0.29, 0.717) is 18.9 Å². The maximum atomic E-state index is 11.8. The second-order valence-corrected chi connectivity index (χ2v) is 5.56. The molecule has 1 fully saturated rings. The molecule has 0 spiro atoms. The van der Waals surface area contributed by atoms with Gasteiger partial charge in [0.15, 0.2) is 0 Å². The van der Waals surface area contributed by atoms with Gasteiger partial charge in [0.05, 0.1) is 11.1 Å². The van der Waals surface area contributed by atoms with Crippen molar-refractivity contribution < 1.29 is 19.4 Å². The molecule has 6 nitrogen and oxygen atoms in total. The van der Waals surface area contributed by atoms with Crippen molar-refractivity contribution in [3.8, 4) is 5.75 Å². The predicted octanol–water partition coefficient (Wildman–Crippen LogP) is 0.293. The molecule has 21 heavy (non-hydrogen) atoms. The Morgan fingerprint density at radius 1 is 1.57 bits per heavy atom. The molecule has 1 heterocycles. The van der Waals surface area contributed by atoms with Gasteiger partial charge in [-0.15, -0.1) is 0 Å². The number of hydrogen-bond acceptors (Lipinski definition) is 5. The highest BCUT2D eigenvalue weighted by molar-refractivity contribution is 9.10. The van der Waals surface area contributed by atoms with E-state index in [1.165, 1.54) is 0 Å². The zero-order valence-corrected chi connectivity index (χ0v) is 13.1. The number of nitrogens with one attached hydrogen (secondary N) is 2. The van der Waals surface area contributed by atoms with Crippen LogP contribution in [0.1, 0.15) is 0 Å². The fourth-order valence-corrected chi connectivity index (χ4v) is 2.27. The number of ether oxygens (including phenoxy) is 2. The lowest BCUT2D eigenvalue weighted by atomic mass is 10.2. The molecule has 0 saturated carbocycles. The van der Waals surface area contributed by atoms with Gasteiger partial charge in [0.1, 0.15) is 24.6 Å². The molecular weight excluding hydrogens is 340 g/mol. The standard InChI is InChI=1S/C14H19BrN2O4/c15-11-3-1-2-4-12(11)21-9-10(18)7-17-14(19)13-8-16-5-6-20-13/h1-4,10,13,16,18H,5-9H2,(H,17,19)/t10-,13-/m1/s1. The molecule has 2 rings (SSSR count). The van der Waals surface area contributed by atoms with Crippen molar-refractivity contribution >= 4 is 21.8 Å². The van der Waals surface area contributed by atoms with Crippen LogP contribution in [-0.4, -0.2) is 56.1 Å². The number of hydrogen-bond donors (Lipinski definition) is 3. The van der Waals surface area contributed by atoms with Crippen LogP contribution in [0.2, 0.25) is 0 Å². The molecule has 1 aromatic carbocycles. The van der Waals surface area contributed by atoms with E-state index < -0.39 is 12.2 Å². The zero-order valence-electron chi connectivity index (χ0n) is 11.5. The molecule has 1 aromatic rings. The molecule has 1 amide bonds. The van der Waals surface area contributed by atoms with Crippen molar-refractivity contribution in [2.45, 2.75) is 12.2 Å². The SMILES string of the molecule is O=C(NC[C@@H](O)COc1ccccc1Br)[C@H]1CNCCO1. The number of aliphatic hydroxyl groups is 1. The van der Waals surface area contributed by atoms with Gasteiger partial charge in [0, 0.05) is 19.6 Å². The summed E-state index contributed by atoms with van der Waals surface area (Å²) in [6.45, 7) is 2.00.